The van der Waals surface area contributed by atoms with Gasteiger partial charge in [0, 0.05) is 7.11 Å². The highest BCUT2D eigenvalue weighted by atomic mass is 19.1. The van der Waals surface area contributed by atoms with Crippen molar-refractivity contribution in [3.8, 4) is 5.75 Å². The lowest BCUT2D eigenvalue weighted by atomic mass is 9.99. The van der Waals surface area contributed by atoms with E-state index in [-0.39, 0.29) is 18.5 Å². The van der Waals surface area contributed by atoms with Gasteiger partial charge in [-0.25, -0.2) is 4.39 Å². The van der Waals surface area contributed by atoms with Crippen molar-refractivity contribution in [3.05, 3.63) is 29.6 Å². The Morgan fingerprint density at radius 2 is 2.44 bits per heavy atom. The molecule has 1 aliphatic heterocycles. The number of hydrogen-bond acceptors (Lipinski definition) is 3. The third-order valence-corrected chi connectivity index (χ3v) is 2.77. The topological polar surface area (TPSA) is 38.7 Å². The Hall–Kier alpha value is -1.13. The fourth-order valence-corrected chi connectivity index (χ4v) is 1.93. The molecule has 16 heavy (non-hydrogen) atoms. The molecule has 88 valence electrons. The van der Waals surface area contributed by atoms with Gasteiger partial charge in [0.25, 0.3) is 0 Å². The van der Waals surface area contributed by atoms with E-state index in [1.165, 1.54) is 19.2 Å². The monoisotopic (exact) mass is 226 g/mol. The number of fused-ring (bicyclic) bond motifs is 1. The first-order valence-electron chi connectivity index (χ1n) is 5.33. The minimum atomic E-state index is -0.636. The van der Waals surface area contributed by atoms with Crippen LogP contribution in [0, 0.1) is 5.82 Å². The molecule has 0 bridgehead atoms. The molecule has 0 spiro atoms. The molecule has 2 rings (SSSR count). The predicted molar refractivity (Wildman–Crippen MR) is 57.0 cm³/mol. The van der Waals surface area contributed by atoms with E-state index < -0.39 is 6.10 Å². The standard InChI is InChI=1S/C12H15FO3/c1-15-7-10(14)12-4-2-8-6-9(13)3-5-11(8)16-12/h3,5-6,10,12,14H,2,4,7H2,1H3/t10-,12-/m0/s1. The first-order chi connectivity index (χ1) is 7.70. The van der Waals surface area contributed by atoms with E-state index in [0.717, 1.165) is 12.0 Å². The van der Waals surface area contributed by atoms with Crippen molar-refractivity contribution in [2.24, 2.45) is 0 Å². The van der Waals surface area contributed by atoms with Crippen LogP contribution in [0.15, 0.2) is 18.2 Å². The fraction of sp³-hybridized carbons (Fsp3) is 0.500. The highest BCUT2D eigenvalue weighted by Gasteiger charge is 2.26. The molecule has 4 heteroatoms. The molecule has 1 aliphatic rings. The zero-order valence-corrected chi connectivity index (χ0v) is 9.15. The number of benzene rings is 1. The molecular formula is C12H15FO3. The Bertz CT molecular complexity index is 367. The number of rotatable bonds is 3. The Morgan fingerprint density at radius 3 is 3.19 bits per heavy atom. The molecule has 0 unspecified atom stereocenters. The summed E-state index contributed by atoms with van der Waals surface area (Å²) in [5, 5.41) is 9.73. The smallest absolute Gasteiger partial charge is 0.127 e. The van der Waals surface area contributed by atoms with Gasteiger partial charge in [0.05, 0.1) is 6.61 Å². The largest absolute Gasteiger partial charge is 0.487 e. The van der Waals surface area contributed by atoms with E-state index in [0.29, 0.717) is 12.2 Å². The molecule has 3 nitrogen and oxygen atoms in total. The van der Waals surface area contributed by atoms with Gasteiger partial charge in [0.15, 0.2) is 0 Å². The SMILES string of the molecule is COC[C@H](O)[C@@H]1CCc2cc(F)ccc2O1. The lowest BCUT2D eigenvalue weighted by molar-refractivity contribution is -0.0219. The molecule has 1 heterocycles. The number of methoxy groups -OCH3 is 1. The van der Waals surface area contributed by atoms with Crippen molar-refractivity contribution in [2.75, 3.05) is 13.7 Å². The van der Waals surface area contributed by atoms with Crippen LogP contribution in [-0.2, 0) is 11.2 Å². The van der Waals surface area contributed by atoms with Crippen LogP contribution in [0.1, 0.15) is 12.0 Å². The summed E-state index contributed by atoms with van der Waals surface area (Å²) in [6.45, 7) is 0.251. The first-order valence-corrected chi connectivity index (χ1v) is 5.33. The summed E-state index contributed by atoms with van der Waals surface area (Å²) < 4.78 is 23.4. The minimum absolute atomic E-state index is 0.251. The van der Waals surface area contributed by atoms with E-state index in [4.69, 9.17) is 9.47 Å². The number of aryl methyl sites for hydroxylation is 1. The third kappa shape index (κ3) is 2.33. The van der Waals surface area contributed by atoms with Crippen LogP contribution in [0.5, 0.6) is 5.75 Å². The Labute approximate surface area is 93.8 Å². The van der Waals surface area contributed by atoms with Crippen LogP contribution < -0.4 is 4.74 Å². The van der Waals surface area contributed by atoms with Gasteiger partial charge in [0.1, 0.15) is 23.8 Å². The molecule has 1 aromatic carbocycles. The molecule has 0 aliphatic carbocycles. The van der Waals surface area contributed by atoms with Crippen molar-refractivity contribution < 1.29 is 19.0 Å². The van der Waals surface area contributed by atoms with Crippen LogP contribution >= 0.6 is 0 Å². The first kappa shape index (κ1) is 11.4. The van der Waals surface area contributed by atoms with Crippen LogP contribution in [-0.4, -0.2) is 31.0 Å². The van der Waals surface area contributed by atoms with Gasteiger partial charge < -0.3 is 14.6 Å². The summed E-state index contributed by atoms with van der Waals surface area (Å²) >= 11 is 0. The Morgan fingerprint density at radius 1 is 1.62 bits per heavy atom. The van der Waals surface area contributed by atoms with E-state index in [9.17, 15) is 9.50 Å². The lowest BCUT2D eigenvalue weighted by Crippen LogP contribution is -2.37. The number of aliphatic hydroxyl groups is 1. The molecule has 0 fully saturated rings. The number of ether oxygens (including phenoxy) is 2. The van der Waals surface area contributed by atoms with E-state index in [1.807, 2.05) is 0 Å². The van der Waals surface area contributed by atoms with Crippen LogP contribution in [0.4, 0.5) is 4.39 Å². The predicted octanol–water partition coefficient (Wildman–Crippen LogP) is 1.53. The van der Waals surface area contributed by atoms with Crippen LogP contribution in [0.2, 0.25) is 0 Å². The molecule has 2 atom stereocenters. The van der Waals surface area contributed by atoms with Gasteiger partial charge in [-0.05, 0) is 36.6 Å². The maximum absolute atomic E-state index is 12.9. The van der Waals surface area contributed by atoms with Crippen molar-refractivity contribution in [1.29, 1.82) is 0 Å². The molecule has 1 aromatic rings. The summed E-state index contributed by atoms with van der Waals surface area (Å²) in [5.74, 6) is 0.408. The summed E-state index contributed by atoms with van der Waals surface area (Å²) in [7, 11) is 1.54. The van der Waals surface area contributed by atoms with Gasteiger partial charge in [-0.3, -0.25) is 0 Å². The quantitative estimate of drug-likeness (QED) is 0.849. The number of aliphatic hydroxyl groups excluding tert-OH is 1. The zero-order chi connectivity index (χ0) is 11.5. The zero-order valence-electron chi connectivity index (χ0n) is 9.15. The van der Waals surface area contributed by atoms with Crippen molar-refractivity contribution in [2.45, 2.75) is 25.0 Å². The maximum atomic E-state index is 12.9. The normalized spacial score (nSPS) is 21.1. The summed E-state index contributed by atoms with van der Waals surface area (Å²) in [5.41, 5.74) is 0.862. The second-order valence-electron chi connectivity index (χ2n) is 3.97. The highest BCUT2D eigenvalue weighted by molar-refractivity contribution is 5.35. The lowest BCUT2D eigenvalue weighted by Gasteiger charge is -2.29. The molecule has 0 saturated heterocycles. The average molecular weight is 226 g/mol. The van der Waals surface area contributed by atoms with Crippen molar-refractivity contribution in [3.63, 3.8) is 0 Å². The maximum Gasteiger partial charge on any atom is 0.127 e. The van der Waals surface area contributed by atoms with Gasteiger partial charge in [-0.2, -0.15) is 0 Å². The van der Waals surface area contributed by atoms with E-state index in [1.54, 1.807) is 6.07 Å². The third-order valence-electron chi connectivity index (χ3n) is 2.77. The number of halogens is 1. The molecule has 0 saturated carbocycles. The summed E-state index contributed by atoms with van der Waals surface area (Å²) in [4.78, 5) is 0. The van der Waals surface area contributed by atoms with Gasteiger partial charge >= 0.3 is 0 Å². The van der Waals surface area contributed by atoms with Crippen molar-refractivity contribution in [1.82, 2.24) is 0 Å². The number of hydrogen-bond donors (Lipinski definition) is 1. The Balaban J connectivity index is 2.09. The molecular weight excluding hydrogens is 211 g/mol. The van der Waals surface area contributed by atoms with E-state index in [2.05, 4.69) is 0 Å². The van der Waals surface area contributed by atoms with Gasteiger partial charge in [-0.15, -0.1) is 0 Å². The van der Waals surface area contributed by atoms with Crippen LogP contribution in [0.25, 0.3) is 0 Å². The fourth-order valence-electron chi connectivity index (χ4n) is 1.93. The molecule has 0 radical (unpaired) electrons. The average Bonchev–Trinajstić information content (AvgIpc) is 2.28. The molecule has 0 amide bonds. The van der Waals surface area contributed by atoms with Crippen LogP contribution in [0.3, 0.4) is 0 Å². The second kappa shape index (κ2) is 4.80. The summed E-state index contributed by atoms with van der Waals surface area (Å²) in [6.07, 6.45) is 0.501. The van der Waals surface area contributed by atoms with Crippen molar-refractivity contribution >= 4 is 0 Å². The highest BCUT2D eigenvalue weighted by Crippen LogP contribution is 2.29. The molecule has 0 aromatic heterocycles. The minimum Gasteiger partial charge on any atom is -0.487 e. The van der Waals surface area contributed by atoms with E-state index >= 15 is 0 Å². The van der Waals surface area contributed by atoms with Gasteiger partial charge in [0.2, 0.25) is 0 Å². The van der Waals surface area contributed by atoms with Gasteiger partial charge in [-0.1, -0.05) is 0 Å². The second-order valence-corrected chi connectivity index (χ2v) is 3.97. The Kier molecular flexibility index (Phi) is 3.41. The molecule has 1 N–H and O–H groups in total. The summed E-state index contributed by atoms with van der Waals surface area (Å²) in [6, 6.07) is 4.45.